The minimum atomic E-state index is -3.90. The number of amides is 1. The van der Waals surface area contributed by atoms with Crippen molar-refractivity contribution in [1.29, 1.82) is 0 Å². The summed E-state index contributed by atoms with van der Waals surface area (Å²) >= 11 is 6.00. The number of ether oxygens (including phenoxy) is 1. The molecule has 0 aromatic heterocycles. The van der Waals surface area contributed by atoms with Gasteiger partial charge in [0.05, 0.1) is 21.2 Å². The van der Waals surface area contributed by atoms with Crippen LogP contribution in [0.3, 0.4) is 0 Å². The normalized spacial score (nSPS) is 13.7. The molecule has 0 unspecified atom stereocenters. The Morgan fingerprint density at radius 3 is 2.67 bits per heavy atom. The summed E-state index contributed by atoms with van der Waals surface area (Å²) in [5, 5.41) is 0.0162. The highest BCUT2D eigenvalue weighted by Crippen LogP contribution is 2.32. The SMILES string of the molecule is NC(=O)COC(=O)c1cc(S(=O)(=O)N2CCCc3ccccc32)ccc1Cl. The number of sulfonamides is 1. The first-order valence-electron chi connectivity index (χ1n) is 8.16. The molecule has 0 saturated heterocycles. The average molecular weight is 409 g/mol. The van der Waals surface area contributed by atoms with Gasteiger partial charge in [-0.15, -0.1) is 0 Å². The van der Waals surface area contributed by atoms with E-state index in [2.05, 4.69) is 0 Å². The summed E-state index contributed by atoms with van der Waals surface area (Å²) in [5.41, 5.74) is 6.37. The zero-order chi connectivity index (χ0) is 19.6. The third kappa shape index (κ3) is 3.91. The highest BCUT2D eigenvalue weighted by molar-refractivity contribution is 7.92. The van der Waals surface area contributed by atoms with E-state index in [-0.39, 0.29) is 15.5 Å². The van der Waals surface area contributed by atoms with Gasteiger partial charge in [-0.25, -0.2) is 13.2 Å². The lowest BCUT2D eigenvalue weighted by Crippen LogP contribution is -2.35. The van der Waals surface area contributed by atoms with Crippen LogP contribution in [0.4, 0.5) is 5.69 Å². The van der Waals surface area contributed by atoms with Crippen molar-refractivity contribution < 1.29 is 22.7 Å². The molecule has 1 amide bonds. The molecule has 0 aliphatic carbocycles. The molecule has 0 radical (unpaired) electrons. The van der Waals surface area contributed by atoms with Crippen molar-refractivity contribution in [2.75, 3.05) is 17.5 Å². The van der Waals surface area contributed by atoms with Crippen LogP contribution < -0.4 is 10.0 Å². The van der Waals surface area contributed by atoms with Gasteiger partial charge in [0.15, 0.2) is 6.61 Å². The van der Waals surface area contributed by atoms with Crippen molar-refractivity contribution in [1.82, 2.24) is 0 Å². The maximum absolute atomic E-state index is 13.2. The molecule has 0 bridgehead atoms. The molecule has 1 heterocycles. The van der Waals surface area contributed by atoms with Crippen molar-refractivity contribution >= 4 is 39.2 Å². The van der Waals surface area contributed by atoms with Gasteiger partial charge in [0.1, 0.15) is 0 Å². The molecule has 1 aliphatic heterocycles. The minimum absolute atomic E-state index is 0.0162. The third-order valence-corrected chi connectivity index (χ3v) is 6.30. The summed E-state index contributed by atoms with van der Waals surface area (Å²) in [6.07, 6.45) is 1.49. The molecule has 9 heteroatoms. The van der Waals surface area contributed by atoms with Crippen LogP contribution in [0.15, 0.2) is 47.4 Å². The Hall–Kier alpha value is -2.58. The van der Waals surface area contributed by atoms with Crippen LogP contribution in [0.25, 0.3) is 0 Å². The lowest BCUT2D eigenvalue weighted by atomic mass is 10.0. The number of para-hydroxylation sites is 1. The fraction of sp³-hybridized carbons (Fsp3) is 0.222. The number of nitrogens with two attached hydrogens (primary N) is 1. The molecule has 2 aromatic rings. The topological polar surface area (TPSA) is 107 Å². The summed E-state index contributed by atoms with van der Waals surface area (Å²) in [7, 11) is -3.90. The second kappa shape index (κ2) is 7.58. The molecule has 0 atom stereocenters. The molecular weight excluding hydrogens is 392 g/mol. The second-order valence-electron chi connectivity index (χ2n) is 5.99. The van der Waals surface area contributed by atoms with Gasteiger partial charge in [0.25, 0.3) is 15.9 Å². The van der Waals surface area contributed by atoms with E-state index in [9.17, 15) is 18.0 Å². The van der Waals surface area contributed by atoms with Gasteiger partial charge in [-0.2, -0.15) is 0 Å². The maximum Gasteiger partial charge on any atom is 0.340 e. The summed E-state index contributed by atoms with van der Waals surface area (Å²) in [4.78, 5) is 22.8. The van der Waals surface area contributed by atoms with E-state index in [0.717, 1.165) is 18.1 Å². The predicted octanol–water partition coefficient (Wildman–Crippen LogP) is 2.12. The van der Waals surface area contributed by atoms with Gasteiger partial charge in [-0.05, 0) is 42.7 Å². The number of benzene rings is 2. The zero-order valence-electron chi connectivity index (χ0n) is 14.2. The van der Waals surface area contributed by atoms with Crippen LogP contribution in [0.1, 0.15) is 22.3 Å². The van der Waals surface area contributed by atoms with Gasteiger partial charge in [-0.1, -0.05) is 29.8 Å². The van der Waals surface area contributed by atoms with E-state index in [1.54, 1.807) is 12.1 Å². The van der Waals surface area contributed by atoms with E-state index in [1.165, 1.54) is 16.4 Å². The van der Waals surface area contributed by atoms with Crippen molar-refractivity contribution in [2.45, 2.75) is 17.7 Å². The third-order valence-electron chi connectivity index (χ3n) is 4.16. The van der Waals surface area contributed by atoms with Gasteiger partial charge in [0.2, 0.25) is 0 Å². The first-order chi connectivity index (χ1) is 12.8. The van der Waals surface area contributed by atoms with E-state index in [4.69, 9.17) is 22.1 Å². The summed E-state index contributed by atoms with van der Waals surface area (Å²) in [6.45, 7) is -0.283. The van der Waals surface area contributed by atoms with Gasteiger partial charge in [-0.3, -0.25) is 9.10 Å². The lowest BCUT2D eigenvalue weighted by Gasteiger charge is -2.30. The number of hydrogen-bond donors (Lipinski definition) is 1. The number of carbonyl (C=O) groups is 2. The highest BCUT2D eigenvalue weighted by Gasteiger charge is 2.30. The standard InChI is InChI=1S/C18H17ClN2O5S/c19-15-8-7-13(10-14(15)18(23)26-11-17(20)22)27(24,25)21-9-3-5-12-4-1-2-6-16(12)21/h1-2,4,6-8,10H,3,5,9,11H2,(H2,20,22). The number of rotatable bonds is 5. The van der Waals surface area contributed by atoms with E-state index in [0.29, 0.717) is 18.7 Å². The number of esters is 1. The second-order valence-corrected chi connectivity index (χ2v) is 8.26. The fourth-order valence-electron chi connectivity index (χ4n) is 2.91. The first kappa shape index (κ1) is 19.2. The Morgan fingerprint density at radius 1 is 1.19 bits per heavy atom. The molecule has 2 aromatic carbocycles. The van der Waals surface area contributed by atoms with Crippen LogP contribution in [0.5, 0.6) is 0 Å². The molecule has 1 aliphatic rings. The summed E-state index contributed by atoms with van der Waals surface area (Å²) in [6, 6.07) is 11.1. The smallest absolute Gasteiger partial charge is 0.340 e. The largest absolute Gasteiger partial charge is 0.452 e. The summed E-state index contributed by atoms with van der Waals surface area (Å²) in [5.74, 6) is -1.75. The first-order valence-corrected chi connectivity index (χ1v) is 9.98. The zero-order valence-corrected chi connectivity index (χ0v) is 15.8. The van der Waals surface area contributed by atoms with Gasteiger partial charge < -0.3 is 10.5 Å². The van der Waals surface area contributed by atoms with Crippen molar-refractivity contribution in [2.24, 2.45) is 5.73 Å². The fourth-order valence-corrected chi connectivity index (χ4v) is 4.67. The molecule has 142 valence electrons. The van der Waals surface area contributed by atoms with Gasteiger partial charge >= 0.3 is 5.97 Å². The Labute approximate surface area is 161 Å². The Kier molecular flexibility index (Phi) is 5.38. The van der Waals surface area contributed by atoms with Crippen LogP contribution in [-0.4, -0.2) is 33.4 Å². The van der Waals surface area contributed by atoms with Gasteiger partial charge in [0, 0.05) is 6.54 Å². The highest BCUT2D eigenvalue weighted by atomic mass is 35.5. The molecule has 3 rings (SSSR count). The molecule has 0 saturated carbocycles. The number of carbonyl (C=O) groups excluding carboxylic acids is 2. The number of nitrogens with zero attached hydrogens (tertiary/aromatic N) is 1. The number of anilines is 1. The number of hydrogen-bond acceptors (Lipinski definition) is 5. The molecule has 27 heavy (non-hydrogen) atoms. The Balaban J connectivity index is 1.98. The number of primary amides is 1. The molecule has 2 N–H and O–H groups in total. The summed E-state index contributed by atoms with van der Waals surface area (Å²) < 4.78 is 32.4. The van der Waals surface area contributed by atoms with E-state index in [1.807, 2.05) is 12.1 Å². The Morgan fingerprint density at radius 2 is 1.93 bits per heavy atom. The molecule has 0 fully saturated rings. The number of halogens is 1. The van der Waals surface area contributed by atoms with Crippen molar-refractivity contribution in [3.05, 3.63) is 58.6 Å². The monoisotopic (exact) mass is 408 g/mol. The van der Waals surface area contributed by atoms with Crippen LogP contribution in [0.2, 0.25) is 5.02 Å². The number of fused-ring (bicyclic) bond motifs is 1. The van der Waals surface area contributed by atoms with Crippen LogP contribution in [-0.2, 0) is 26.0 Å². The maximum atomic E-state index is 13.2. The quantitative estimate of drug-likeness (QED) is 0.762. The molecule has 0 spiro atoms. The van der Waals surface area contributed by atoms with Crippen molar-refractivity contribution in [3.8, 4) is 0 Å². The van der Waals surface area contributed by atoms with Crippen molar-refractivity contribution in [3.63, 3.8) is 0 Å². The average Bonchev–Trinajstić information content (AvgIpc) is 2.65. The predicted molar refractivity (Wildman–Crippen MR) is 100 cm³/mol. The molecular formula is C18H17ClN2O5S. The Bertz CT molecular complexity index is 1010. The van der Waals surface area contributed by atoms with Crippen LogP contribution in [0, 0.1) is 0 Å². The van der Waals surface area contributed by atoms with E-state index >= 15 is 0 Å². The lowest BCUT2D eigenvalue weighted by molar-refractivity contribution is -0.121. The van der Waals surface area contributed by atoms with Crippen LogP contribution >= 0.6 is 11.6 Å². The van der Waals surface area contributed by atoms with E-state index < -0.39 is 28.5 Å². The number of aryl methyl sites for hydroxylation is 1. The minimum Gasteiger partial charge on any atom is -0.452 e. The molecule has 7 nitrogen and oxygen atoms in total.